The summed E-state index contributed by atoms with van der Waals surface area (Å²) >= 11 is 0. The van der Waals surface area contributed by atoms with Crippen LogP contribution in [0.5, 0.6) is 11.5 Å². The Morgan fingerprint density at radius 2 is 1.56 bits per heavy atom. The molecule has 4 aromatic rings. The highest BCUT2D eigenvalue weighted by Crippen LogP contribution is 2.39. The highest BCUT2D eigenvalue weighted by atomic mass is 32.2. The molecule has 232 valence electrons. The zero-order valence-corrected chi connectivity index (χ0v) is 25.7. The third kappa shape index (κ3) is 6.19. The first-order chi connectivity index (χ1) is 22.0. The Balaban J connectivity index is 1.08. The summed E-state index contributed by atoms with van der Waals surface area (Å²) in [5, 5.41) is 3.73. The fraction of sp³-hybridized carbons (Fsp3) is 0.286. The molecule has 2 saturated heterocycles. The Labute approximate surface area is 264 Å². The first-order valence-electron chi connectivity index (χ1n) is 15.3. The Morgan fingerprint density at radius 1 is 0.867 bits per heavy atom. The number of rotatable bonds is 9. The number of nitrogens with zero attached hydrogens (tertiary/aromatic N) is 3. The summed E-state index contributed by atoms with van der Waals surface area (Å²) in [4.78, 5) is 7.11. The van der Waals surface area contributed by atoms with E-state index < -0.39 is 15.7 Å². The third-order valence-corrected chi connectivity index (χ3v) is 10.6. The van der Waals surface area contributed by atoms with Crippen molar-refractivity contribution in [3.8, 4) is 11.5 Å². The van der Waals surface area contributed by atoms with Gasteiger partial charge in [0, 0.05) is 37.8 Å². The van der Waals surface area contributed by atoms with E-state index in [-0.39, 0.29) is 23.8 Å². The van der Waals surface area contributed by atoms with Gasteiger partial charge in [0.2, 0.25) is 10.0 Å². The molecular weight excluding hydrogens is 588 g/mol. The van der Waals surface area contributed by atoms with E-state index in [0.29, 0.717) is 50.5 Å². The highest BCUT2D eigenvalue weighted by Gasteiger charge is 2.49. The normalized spacial score (nSPS) is 22.6. The number of pyridine rings is 1. The quantitative estimate of drug-likeness (QED) is 0.263. The maximum absolute atomic E-state index is 13.7. The van der Waals surface area contributed by atoms with Gasteiger partial charge in [0.05, 0.1) is 22.9 Å². The number of piperidine rings is 1. The monoisotopic (exact) mass is 624 g/mol. The molecule has 3 aliphatic rings. The third-order valence-electron chi connectivity index (χ3n) is 8.73. The van der Waals surface area contributed by atoms with Crippen molar-refractivity contribution in [3.05, 3.63) is 127 Å². The van der Waals surface area contributed by atoms with Crippen molar-refractivity contribution in [3.63, 3.8) is 0 Å². The first kappa shape index (κ1) is 29.5. The van der Waals surface area contributed by atoms with Gasteiger partial charge >= 0.3 is 0 Å². The van der Waals surface area contributed by atoms with Crippen molar-refractivity contribution in [1.82, 2.24) is 19.5 Å². The van der Waals surface area contributed by atoms with Gasteiger partial charge < -0.3 is 24.4 Å². The van der Waals surface area contributed by atoms with Crippen molar-refractivity contribution in [2.45, 2.75) is 36.0 Å². The van der Waals surface area contributed by atoms with Crippen molar-refractivity contribution >= 4 is 15.7 Å². The second-order valence-electron chi connectivity index (χ2n) is 11.6. The van der Waals surface area contributed by atoms with Crippen LogP contribution in [0.2, 0.25) is 0 Å². The molecule has 1 N–H and O–H groups in total. The molecule has 3 aliphatic heterocycles. The van der Waals surface area contributed by atoms with E-state index in [4.69, 9.17) is 14.2 Å². The van der Waals surface area contributed by atoms with Crippen LogP contribution in [0.15, 0.2) is 120 Å². The molecule has 9 nitrogen and oxygen atoms in total. The van der Waals surface area contributed by atoms with Crippen molar-refractivity contribution in [1.29, 1.82) is 0 Å². The van der Waals surface area contributed by atoms with Crippen LogP contribution in [0.3, 0.4) is 0 Å². The molecule has 0 aliphatic carbocycles. The SMILES string of the molecule is O=S(=O)(c1ccc(Oc2ccccc2)cc1)N1CCC(C2NC(c3ccccn3)=CN2C2(Cc3ccccc3)COCO2)CC1. The lowest BCUT2D eigenvalue weighted by Gasteiger charge is -2.45. The largest absolute Gasteiger partial charge is 0.457 e. The topological polar surface area (TPSA) is 93.2 Å². The molecule has 4 heterocycles. The maximum atomic E-state index is 13.7. The van der Waals surface area contributed by atoms with Crippen LogP contribution in [0.25, 0.3) is 5.70 Å². The van der Waals surface area contributed by atoms with Crippen LogP contribution >= 0.6 is 0 Å². The summed E-state index contributed by atoms with van der Waals surface area (Å²) in [5.74, 6) is 1.45. The number of hydrogen-bond acceptors (Lipinski definition) is 8. The van der Waals surface area contributed by atoms with Gasteiger partial charge in [0.25, 0.3) is 0 Å². The van der Waals surface area contributed by atoms with Gasteiger partial charge in [0.1, 0.15) is 24.5 Å². The fourth-order valence-electron chi connectivity index (χ4n) is 6.40. The minimum atomic E-state index is -3.66. The molecule has 3 aromatic carbocycles. The number of aromatic nitrogens is 1. The molecule has 2 unspecified atom stereocenters. The minimum Gasteiger partial charge on any atom is -0.457 e. The van der Waals surface area contributed by atoms with E-state index in [2.05, 4.69) is 33.5 Å². The summed E-state index contributed by atoms with van der Waals surface area (Å²) in [6.45, 7) is 1.48. The summed E-state index contributed by atoms with van der Waals surface area (Å²) in [6.07, 6.45) is 5.80. The van der Waals surface area contributed by atoms with Gasteiger partial charge in [-0.15, -0.1) is 0 Å². The van der Waals surface area contributed by atoms with Crippen LogP contribution in [-0.2, 0) is 25.9 Å². The first-order valence-corrected chi connectivity index (χ1v) is 16.7. The van der Waals surface area contributed by atoms with E-state index >= 15 is 0 Å². The van der Waals surface area contributed by atoms with Crippen LogP contribution < -0.4 is 10.1 Å². The van der Waals surface area contributed by atoms with Gasteiger partial charge in [-0.3, -0.25) is 4.98 Å². The lowest BCUT2D eigenvalue weighted by molar-refractivity contribution is -0.119. The molecule has 0 bridgehead atoms. The van der Waals surface area contributed by atoms with Crippen molar-refractivity contribution < 1.29 is 22.6 Å². The molecule has 0 spiro atoms. The molecule has 10 heteroatoms. The molecule has 2 fully saturated rings. The molecule has 0 amide bonds. The minimum absolute atomic E-state index is 0.119. The predicted molar refractivity (Wildman–Crippen MR) is 170 cm³/mol. The Kier molecular flexibility index (Phi) is 8.29. The van der Waals surface area contributed by atoms with Gasteiger partial charge in [0.15, 0.2) is 5.72 Å². The average molecular weight is 625 g/mol. The summed E-state index contributed by atoms with van der Waals surface area (Å²) in [6, 6.07) is 32.2. The van der Waals surface area contributed by atoms with Crippen molar-refractivity contribution in [2.24, 2.45) is 5.92 Å². The van der Waals surface area contributed by atoms with Crippen LogP contribution in [0, 0.1) is 5.92 Å². The smallest absolute Gasteiger partial charge is 0.243 e. The van der Waals surface area contributed by atoms with E-state index in [1.165, 1.54) is 0 Å². The molecular formula is C35H36N4O5S. The van der Waals surface area contributed by atoms with E-state index in [9.17, 15) is 8.42 Å². The van der Waals surface area contributed by atoms with Crippen LogP contribution in [-0.4, -0.2) is 61.0 Å². The molecule has 0 saturated carbocycles. The van der Waals surface area contributed by atoms with Gasteiger partial charge in [-0.2, -0.15) is 4.31 Å². The lowest BCUT2D eigenvalue weighted by atomic mass is 9.92. The Hall–Kier alpha value is -4.22. The van der Waals surface area contributed by atoms with Gasteiger partial charge in [-0.25, -0.2) is 8.42 Å². The van der Waals surface area contributed by atoms with Crippen LogP contribution in [0.4, 0.5) is 0 Å². The van der Waals surface area contributed by atoms with Gasteiger partial charge in [-0.1, -0.05) is 54.6 Å². The van der Waals surface area contributed by atoms with E-state index in [0.717, 1.165) is 17.0 Å². The standard InChI is InChI=1S/C35H36N4O5S/c40-45(41,31-16-14-30(15-17-31)44-29-11-5-2-6-12-29)38-21-18-28(19-22-38)34-37-33(32-13-7-8-20-36-32)24-39(34)35(25-42-26-43-35)23-27-9-3-1-4-10-27/h1-17,20,24,28,34,37H,18-19,21-23,25-26H2. The van der Waals surface area contributed by atoms with E-state index in [1.54, 1.807) is 34.8 Å². The summed E-state index contributed by atoms with van der Waals surface area (Å²) < 4.78 is 47.0. The number of ether oxygens (including phenoxy) is 3. The number of benzene rings is 3. The second-order valence-corrected chi connectivity index (χ2v) is 13.5. The Bertz CT molecular complexity index is 1710. The zero-order valence-electron chi connectivity index (χ0n) is 24.9. The lowest BCUT2D eigenvalue weighted by Crippen LogP contribution is -2.58. The fourth-order valence-corrected chi connectivity index (χ4v) is 7.87. The van der Waals surface area contributed by atoms with Crippen LogP contribution in [0.1, 0.15) is 24.1 Å². The summed E-state index contributed by atoms with van der Waals surface area (Å²) in [7, 11) is -3.66. The molecule has 7 rings (SSSR count). The van der Waals surface area contributed by atoms with E-state index in [1.807, 2.05) is 66.7 Å². The second kappa shape index (κ2) is 12.6. The summed E-state index contributed by atoms with van der Waals surface area (Å²) in [5.41, 5.74) is 2.21. The van der Waals surface area contributed by atoms with Crippen molar-refractivity contribution in [2.75, 3.05) is 26.5 Å². The number of para-hydroxylation sites is 1. The number of sulfonamides is 1. The average Bonchev–Trinajstić information content (AvgIpc) is 3.75. The van der Waals surface area contributed by atoms with Gasteiger partial charge in [-0.05, 0) is 66.9 Å². The highest BCUT2D eigenvalue weighted by molar-refractivity contribution is 7.89. The molecule has 45 heavy (non-hydrogen) atoms. The number of nitrogens with one attached hydrogen (secondary N) is 1. The predicted octanol–water partition coefficient (Wildman–Crippen LogP) is 5.45. The molecule has 0 radical (unpaired) electrons. The maximum Gasteiger partial charge on any atom is 0.243 e. The number of hydrogen-bond donors (Lipinski definition) is 1. The molecule has 1 aromatic heterocycles. The molecule has 2 atom stereocenters. The Morgan fingerprint density at radius 3 is 2.22 bits per heavy atom. The zero-order chi connectivity index (χ0) is 30.7.